The molecule has 0 saturated heterocycles. The predicted molar refractivity (Wildman–Crippen MR) is 154 cm³/mol. The summed E-state index contributed by atoms with van der Waals surface area (Å²) in [5.41, 5.74) is 9.73. The second-order valence-corrected chi connectivity index (χ2v) is 10.6. The van der Waals surface area contributed by atoms with Gasteiger partial charge in [-0.2, -0.15) is 0 Å². The van der Waals surface area contributed by atoms with E-state index in [0.29, 0.717) is 0 Å². The Balaban J connectivity index is 1.85. The zero-order chi connectivity index (χ0) is 25.2. The number of thiophene rings is 1. The molecule has 1 aliphatic rings. The molecule has 1 heterocycles. The van der Waals surface area contributed by atoms with E-state index < -0.39 is 0 Å². The van der Waals surface area contributed by atoms with Crippen LogP contribution in [0.5, 0.6) is 0 Å². The van der Waals surface area contributed by atoms with Gasteiger partial charge in [0, 0.05) is 39.4 Å². The summed E-state index contributed by atoms with van der Waals surface area (Å²) in [6, 6.07) is 25.7. The Morgan fingerprint density at radius 2 is 1.47 bits per heavy atom. The molecule has 0 N–H and O–H groups in total. The van der Waals surface area contributed by atoms with E-state index in [0.717, 1.165) is 22.8 Å². The maximum absolute atomic E-state index is 6.27. The van der Waals surface area contributed by atoms with Gasteiger partial charge in [-0.3, -0.25) is 0 Å². The molecule has 0 bridgehead atoms. The summed E-state index contributed by atoms with van der Waals surface area (Å²) in [7, 11) is 3.47. The number of ether oxygens (including phenoxy) is 2. The van der Waals surface area contributed by atoms with Gasteiger partial charge in [-0.25, -0.2) is 0 Å². The van der Waals surface area contributed by atoms with Crippen molar-refractivity contribution in [2.75, 3.05) is 14.2 Å². The molecule has 1 unspecified atom stereocenters. The topological polar surface area (TPSA) is 18.5 Å². The van der Waals surface area contributed by atoms with Crippen molar-refractivity contribution < 1.29 is 9.47 Å². The van der Waals surface area contributed by atoms with Crippen LogP contribution in [0.4, 0.5) is 0 Å². The fourth-order valence-electron chi connectivity index (χ4n) is 4.72. The maximum atomic E-state index is 6.27. The minimum atomic E-state index is -0.0462. The molecule has 4 heteroatoms. The maximum Gasteiger partial charge on any atom is 0.117 e. The lowest BCUT2D eigenvalue weighted by molar-refractivity contribution is 0.139. The highest BCUT2D eigenvalue weighted by Gasteiger charge is 2.27. The molecule has 1 aromatic heterocycles. The first-order valence-electron chi connectivity index (χ1n) is 12.0. The molecule has 1 aliphatic carbocycles. The Kier molecular flexibility index (Phi) is 7.15. The van der Waals surface area contributed by atoms with E-state index in [2.05, 4.69) is 80.6 Å². The molecule has 3 aromatic carbocycles. The molecule has 0 radical (unpaired) electrons. The van der Waals surface area contributed by atoms with Gasteiger partial charge < -0.3 is 9.47 Å². The van der Waals surface area contributed by atoms with Gasteiger partial charge in [0.05, 0.1) is 13.2 Å². The summed E-state index contributed by atoms with van der Waals surface area (Å²) in [6.45, 7) is 4.27. The number of hydrogen-bond acceptors (Lipinski definition) is 3. The summed E-state index contributed by atoms with van der Waals surface area (Å²) in [4.78, 5) is 2.48. The summed E-state index contributed by atoms with van der Waals surface area (Å²) in [6.07, 6.45) is 4.95. The van der Waals surface area contributed by atoms with E-state index in [1.54, 1.807) is 14.2 Å². The third kappa shape index (κ3) is 4.92. The third-order valence-electron chi connectivity index (χ3n) is 6.58. The van der Waals surface area contributed by atoms with Gasteiger partial charge in [0.25, 0.3) is 0 Å². The SMILES string of the molecule is COC1=CC(OC)CC(c2c(-c3cccc(C)c3)sc(-c3ccc(Cl)cc3)c2-c2ccc(C)cc2)=C1. The zero-order valence-corrected chi connectivity index (χ0v) is 22.5. The van der Waals surface area contributed by atoms with E-state index in [-0.39, 0.29) is 6.10 Å². The molecule has 0 aliphatic heterocycles. The lowest BCUT2D eigenvalue weighted by Gasteiger charge is -2.22. The van der Waals surface area contributed by atoms with Crippen LogP contribution in [0.2, 0.25) is 5.02 Å². The molecule has 0 amide bonds. The van der Waals surface area contributed by atoms with Crippen LogP contribution >= 0.6 is 22.9 Å². The van der Waals surface area contributed by atoms with Crippen LogP contribution in [0.1, 0.15) is 23.1 Å². The standard InChI is InChI=1S/C32H29ClO2S/c1-20-8-10-22(11-9-20)29-30(25-17-27(34-3)19-28(18-25)35-4)32(24-7-5-6-21(2)16-24)36-31(29)23-12-14-26(33)15-13-23/h5-17,19,28H,18H2,1-4H3. The molecule has 182 valence electrons. The Morgan fingerprint density at radius 1 is 0.778 bits per heavy atom. The second-order valence-electron chi connectivity index (χ2n) is 9.17. The van der Waals surface area contributed by atoms with E-state index in [1.807, 2.05) is 29.5 Å². The van der Waals surface area contributed by atoms with Crippen LogP contribution < -0.4 is 0 Å². The highest BCUT2D eigenvalue weighted by molar-refractivity contribution is 7.20. The van der Waals surface area contributed by atoms with Gasteiger partial charge in [-0.15, -0.1) is 11.3 Å². The Morgan fingerprint density at radius 3 is 2.14 bits per heavy atom. The quantitative estimate of drug-likeness (QED) is 0.256. The van der Waals surface area contributed by atoms with E-state index in [9.17, 15) is 0 Å². The smallest absolute Gasteiger partial charge is 0.117 e. The fraction of sp³-hybridized carbons (Fsp3) is 0.188. The number of benzene rings is 3. The van der Waals surface area contributed by atoms with Gasteiger partial charge in [0.15, 0.2) is 0 Å². The van der Waals surface area contributed by atoms with Gasteiger partial charge >= 0.3 is 0 Å². The first-order valence-corrected chi connectivity index (χ1v) is 13.2. The Labute approximate surface area is 222 Å². The van der Waals surface area contributed by atoms with Crippen molar-refractivity contribution in [1.82, 2.24) is 0 Å². The minimum Gasteiger partial charge on any atom is -0.497 e. The molecule has 0 saturated carbocycles. The van der Waals surface area contributed by atoms with Crippen molar-refractivity contribution in [2.24, 2.45) is 0 Å². The highest BCUT2D eigenvalue weighted by atomic mass is 35.5. The van der Waals surface area contributed by atoms with Crippen molar-refractivity contribution in [3.05, 3.63) is 112 Å². The average Bonchev–Trinajstić information content (AvgIpc) is 3.30. The molecular weight excluding hydrogens is 484 g/mol. The molecule has 2 nitrogen and oxygen atoms in total. The first kappa shape index (κ1) is 24.6. The number of allylic oxidation sites excluding steroid dienone is 1. The highest BCUT2D eigenvalue weighted by Crippen LogP contribution is 2.51. The average molecular weight is 513 g/mol. The lowest BCUT2D eigenvalue weighted by atomic mass is 9.86. The monoisotopic (exact) mass is 512 g/mol. The van der Waals surface area contributed by atoms with Crippen LogP contribution in [0, 0.1) is 13.8 Å². The van der Waals surface area contributed by atoms with Gasteiger partial charge in [0.2, 0.25) is 0 Å². The normalized spacial score (nSPS) is 15.4. The Bertz CT molecular complexity index is 1440. The van der Waals surface area contributed by atoms with Crippen molar-refractivity contribution in [1.29, 1.82) is 0 Å². The molecular formula is C32H29ClO2S. The minimum absolute atomic E-state index is 0.0462. The number of aryl methyl sites for hydroxylation is 2. The van der Waals surface area contributed by atoms with Crippen molar-refractivity contribution in [3.63, 3.8) is 0 Å². The first-order chi connectivity index (χ1) is 17.5. The van der Waals surface area contributed by atoms with Crippen molar-refractivity contribution >= 4 is 28.5 Å². The largest absolute Gasteiger partial charge is 0.497 e. The van der Waals surface area contributed by atoms with E-state index in [1.165, 1.54) is 48.7 Å². The molecule has 4 aromatic rings. The Hall–Kier alpha value is -3.11. The molecule has 5 rings (SSSR count). The van der Waals surface area contributed by atoms with Crippen LogP contribution in [0.25, 0.3) is 37.6 Å². The second kappa shape index (κ2) is 10.5. The molecule has 36 heavy (non-hydrogen) atoms. The van der Waals surface area contributed by atoms with Crippen molar-refractivity contribution in [2.45, 2.75) is 26.4 Å². The van der Waals surface area contributed by atoms with Crippen LogP contribution in [0.3, 0.4) is 0 Å². The summed E-state index contributed by atoms with van der Waals surface area (Å²) in [5.74, 6) is 0.826. The van der Waals surface area contributed by atoms with Crippen LogP contribution in [-0.4, -0.2) is 20.3 Å². The number of halogens is 1. The van der Waals surface area contributed by atoms with Gasteiger partial charge in [-0.1, -0.05) is 83.4 Å². The predicted octanol–water partition coefficient (Wildman–Crippen LogP) is 9.35. The number of rotatable bonds is 6. The zero-order valence-electron chi connectivity index (χ0n) is 21.0. The summed E-state index contributed by atoms with van der Waals surface area (Å²) >= 11 is 8.10. The van der Waals surface area contributed by atoms with E-state index in [4.69, 9.17) is 21.1 Å². The molecule has 1 atom stereocenters. The van der Waals surface area contributed by atoms with Crippen LogP contribution in [0.15, 0.2) is 90.7 Å². The summed E-state index contributed by atoms with van der Waals surface area (Å²) < 4.78 is 11.5. The third-order valence-corrected chi connectivity index (χ3v) is 8.12. The summed E-state index contributed by atoms with van der Waals surface area (Å²) in [5, 5.41) is 0.735. The van der Waals surface area contributed by atoms with E-state index >= 15 is 0 Å². The number of methoxy groups -OCH3 is 2. The van der Waals surface area contributed by atoms with Crippen molar-refractivity contribution in [3.8, 4) is 32.0 Å². The van der Waals surface area contributed by atoms with Gasteiger partial charge in [-0.05, 0) is 60.4 Å². The van der Waals surface area contributed by atoms with Gasteiger partial charge in [0.1, 0.15) is 5.76 Å². The number of hydrogen-bond donors (Lipinski definition) is 0. The lowest BCUT2D eigenvalue weighted by Crippen LogP contribution is -2.13. The molecule has 0 fully saturated rings. The van der Waals surface area contributed by atoms with Crippen LogP contribution in [-0.2, 0) is 9.47 Å². The fourth-order valence-corrected chi connectivity index (χ4v) is 6.20. The molecule has 0 spiro atoms.